The number of benzene rings is 1. The lowest BCUT2D eigenvalue weighted by Crippen LogP contribution is -2.45. The largest absolute Gasteiger partial charge is 0.356 e. The lowest BCUT2D eigenvalue weighted by Gasteiger charge is -2.25. The van der Waals surface area contributed by atoms with E-state index in [-0.39, 0.29) is 23.2 Å². The summed E-state index contributed by atoms with van der Waals surface area (Å²) in [6.45, 7) is 0.990. The molecule has 1 saturated carbocycles. The molecule has 3 rings (SSSR count). The van der Waals surface area contributed by atoms with Crippen LogP contribution in [0.1, 0.15) is 44.1 Å². The molecule has 0 bridgehead atoms. The van der Waals surface area contributed by atoms with E-state index in [2.05, 4.69) is 15.6 Å². The summed E-state index contributed by atoms with van der Waals surface area (Å²) in [6.07, 6.45) is 6.67. The number of nitrogens with one attached hydrogen (secondary N) is 2. The highest BCUT2D eigenvalue weighted by Crippen LogP contribution is 2.19. The molecule has 2 aliphatic rings. The zero-order chi connectivity index (χ0) is 18.4. The van der Waals surface area contributed by atoms with Gasteiger partial charge in [0, 0.05) is 12.6 Å². The van der Waals surface area contributed by atoms with Crippen molar-refractivity contribution < 1.29 is 12.8 Å². The molecule has 144 valence electrons. The van der Waals surface area contributed by atoms with Crippen molar-refractivity contribution in [3.05, 3.63) is 35.6 Å². The van der Waals surface area contributed by atoms with Gasteiger partial charge in [0.15, 0.2) is 15.8 Å². The lowest BCUT2D eigenvalue weighted by molar-refractivity contribution is 0.408. The maximum atomic E-state index is 13.4. The molecular weight excluding hydrogens is 353 g/mol. The van der Waals surface area contributed by atoms with Gasteiger partial charge in [-0.05, 0) is 42.9 Å². The SMILES string of the molecule is O=S1(=O)CCC(CNC(=NCc2cccc(F)c2)NC2CCCCC2)C1. The maximum absolute atomic E-state index is 13.4. The van der Waals surface area contributed by atoms with E-state index in [9.17, 15) is 12.8 Å². The van der Waals surface area contributed by atoms with Gasteiger partial charge in [-0.2, -0.15) is 0 Å². The van der Waals surface area contributed by atoms with Gasteiger partial charge >= 0.3 is 0 Å². The molecular formula is C19H28FN3O2S. The Morgan fingerprint density at radius 1 is 1.19 bits per heavy atom. The van der Waals surface area contributed by atoms with Crippen LogP contribution in [0, 0.1) is 11.7 Å². The number of hydrogen-bond donors (Lipinski definition) is 2. The van der Waals surface area contributed by atoms with Gasteiger partial charge in [-0.15, -0.1) is 0 Å². The molecule has 1 atom stereocenters. The summed E-state index contributed by atoms with van der Waals surface area (Å²) in [5.41, 5.74) is 0.818. The van der Waals surface area contributed by atoms with Crippen molar-refractivity contribution in [2.75, 3.05) is 18.1 Å². The van der Waals surface area contributed by atoms with Crippen LogP contribution in [-0.4, -0.2) is 38.5 Å². The molecule has 0 radical (unpaired) electrons. The molecule has 1 saturated heterocycles. The molecule has 0 spiro atoms. The zero-order valence-electron chi connectivity index (χ0n) is 15.1. The average Bonchev–Trinajstić information content (AvgIpc) is 2.97. The minimum Gasteiger partial charge on any atom is -0.356 e. The van der Waals surface area contributed by atoms with Gasteiger partial charge in [-0.25, -0.2) is 17.8 Å². The predicted molar refractivity (Wildman–Crippen MR) is 102 cm³/mol. The smallest absolute Gasteiger partial charge is 0.191 e. The van der Waals surface area contributed by atoms with E-state index in [1.807, 2.05) is 6.07 Å². The number of halogens is 1. The van der Waals surface area contributed by atoms with Crippen LogP contribution in [0.5, 0.6) is 0 Å². The second-order valence-electron chi connectivity index (χ2n) is 7.42. The molecule has 1 unspecified atom stereocenters. The van der Waals surface area contributed by atoms with Crippen LogP contribution >= 0.6 is 0 Å². The Morgan fingerprint density at radius 3 is 2.69 bits per heavy atom. The standard InChI is InChI=1S/C19H28FN3O2S/c20-17-6-4-5-15(11-17)12-21-19(23-18-7-2-1-3-8-18)22-13-16-9-10-26(24,25)14-16/h4-6,11,16,18H,1-3,7-10,12-14H2,(H2,21,22,23). The van der Waals surface area contributed by atoms with Crippen molar-refractivity contribution in [3.8, 4) is 0 Å². The summed E-state index contributed by atoms with van der Waals surface area (Å²) in [6, 6.07) is 6.85. The Bertz CT molecular complexity index is 730. The topological polar surface area (TPSA) is 70.6 Å². The maximum Gasteiger partial charge on any atom is 0.191 e. The Kier molecular flexibility index (Phi) is 6.51. The Labute approximate surface area is 155 Å². The van der Waals surface area contributed by atoms with Crippen LogP contribution in [0.3, 0.4) is 0 Å². The van der Waals surface area contributed by atoms with E-state index in [1.54, 1.807) is 6.07 Å². The molecule has 1 aromatic carbocycles. The highest BCUT2D eigenvalue weighted by Gasteiger charge is 2.28. The quantitative estimate of drug-likeness (QED) is 0.608. The molecule has 1 aliphatic heterocycles. The van der Waals surface area contributed by atoms with Crippen molar-refractivity contribution in [1.82, 2.24) is 10.6 Å². The Hall–Kier alpha value is -1.63. The van der Waals surface area contributed by atoms with Crippen molar-refractivity contribution in [2.45, 2.75) is 51.1 Å². The van der Waals surface area contributed by atoms with Crippen LogP contribution in [0.2, 0.25) is 0 Å². The average molecular weight is 382 g/mol. The summed E-state index contributed by atoms with van der Waals surface area (Å²) in [4.78, 5) is 4.60. The minimum atomic E-state index is -2.87. The first kappa shape index (κ1) is 19.1. The number of guanidine groups is 1. The van der Waals surface area contributed by atoms with E-state index in [1.165, 1.54) is 31.4 Å². The van der Waals surface area contributed by atoms with Crippen molar-refractivity contribution in [1.29, 1.82) is 0 Å². The fourth-order valence-corrected chi connectivity index (χ4v) is 5.53. The Balaban J connectivity index is 1.61. The molecule has 7 heteroatoms. The summed E-state index contributed by atoms with van der Waals surface area (Å²) in [5, 5.41) is 6.79. The van der Waals surface area contributed by atoms with Gasteiger partial charge in [0.25, 0.3) is 0 Å². The van der Waals surface area contributed by atoms with Crippen LogP contribution in [0.25, 0.3) is 0 Å². The summed E-state index contributed by atoms with van der Waals surface area (Å²) < 4.78 is 36.6. The predicted octanol–water partition coefficient (Wildman–Crippen LogP) is 2.63. The van der Waals surface area contributed by atoms with Gasteiger partial charge in [-0.1, -0.05) is 31.4 Å². The number of nitrogens with zero attached hydrogens (tertiary/aromatic N) is 1. The number of sulfone groups is 1. The molecule has 2 fully saturated rings. The molecule has 5 nitrogen and oxygen atoms in total. The molecule has 1 heterocycles. The van der Waals surface area contributed by atoms with Gasteiger partial charge < -0.3 is 10.6 Å². The molecule has 26 heavy (non-hydrogen) atoms. The van der Waals surface area contributed by atoms with E-state index in [0.717, 1.165) is 18.4 Å². The van der Waals surface area contributed by atoms with Gasteiger partial charge in [0.1, 0.15) is 5.82 Å². The van der Waals surface area contributed by atoms with E-state index >= 15 is 0 Å². The summed E-state index contributed by atoms with van der Waals surface area (Å²) in [7, 11) is -2.87. The monoisotopic (exact) mass is 381 g/mol. The normalized spacial score (nSPS) is 23.7. The zero-order valence-corrected chi connectivity index (χ0v) is 15.9. The van der Waals surface area contributed by atoms with Crippen molar-refractivity contribution in [3.63, 3.8) is 0 Å². The van der Waals surface area contributed by atoms with E-state index < -0.39 is 9.84 Å². The number of rotatable bonds is 5. The molecule has 1 aromatic rings. The highest BCUT2D eigenvalue weighted by atomic mass is 32.2. The van der Waals surface area contributed by atoms with E-state index in [0.29, 0.717) is 31.5 Å². The molecule has 1 aliphatic carbocycles. The van der Waals surface area contributed by atoms with Crippen LogP contribution in [0.4, 0.5) is 4.39 Å². The third-order valence-electron chi connectivity index (χ3n) is 5.14. The van der Waals surface area contributed by atoms with Crippen LogP contribution < -0.4 is 10.6 Å². The molecule has 0 aromatic heterocycles. The molecule has 2 N–H and O–H groups in total. The van der Waals surface area contributed by atoms with Crippen molar-refractivity contribution in [2.24, 2.45) is 10.9 Å². The highest BCUT2D eigenvalue weighted by molar-refractivity contribution is 7.91. The van der Waals surface area contributed by atoms with Crippen LogP contribution in [0.15, 0.2) is 29.3 Å². The number of hydrogen-bond acceptors (Lipinski definition) is 3. The fourth-order valence-electron chi connectivity index (χ4n) is 3.67. The van der Waals surface area contributed by atoms with Gasteiger partial charge in [-0.3, -0.25) is 0 Å². The number of aliphatic imine (C=N–C) groups is 1. The Morgan fingerprint density at radius 2 is 2.00 bits per heavy atom. The third-order valence-corrected chi connectivity index (χ3v) is 6.98. The van der Waals surface area contributed by atoms with E-state index in [4.69, 9.17) is 0 Å². The first-order valence-electron chi connectivity index (χ1n) is 9.50. The first-order chi connectivity index (χ1) is 12.5. The first-order valence-corrected chi connectivity index (χ1v) is 11.3. The van der Waals surface area contributed by atoms with Crippen LogP contribution in [-0.2, 0) is 16.4 Å². The van der Waals surface area contributed by atoms with Crippen molar-refractivity contribution >= 4 is 15.8 Å². The molecule has 0 amide bonds. The van der Waals surface area contributed by atoms with Gasteiger partial charge in [0.05, 0.1) is 18.1 Å². The summed E-state index contributed by atoms with van der Waals surface area (Å²) in [5.74, 6) is 1.10. The fraction of sp³-hybridized carbons (Fsp3) is 0.632. The third kappa shape index (κ3) is 5.97. The second-order valence-corrected chi connectivity index (χ2v) is 9.65. The minimum absolute atomic E-state index is 0.132. The van der Waals surface area contributed by atoms with Gasteiger partial charge in [0.2, 0.25) is 0 Å². The summed E-state index contributed by atoms with van der Waals surface area (Å²) >= 11 is 0. The second kappa shape index (κ2) is 8.84. The lowest BCUT2D eigenvalue weighted by atomic mass is 9.96.